The maximum Gasteiger partial charge on any atom is 0.145 e. The number of ether oxygens (including phenoxy) is 1. The Balaban J connectivity index is 1.48. The SMILES string of the molecule is CCCCCC1CCC([C@H]2CC[C@H](c3ccc(N=C=S)c(OC)c3)CC2)CC1. The zero-order valence-corrected chi connectivity index (χ0v) is 18.6. The van der Waals surface area contributed by atoms with Gasteiger partial charge in [-0.3, -0.25) is 0 Å². The Bertz CT molecular complexity index is 651. The average Bonchev–Trinajstić information content (AvgIpc) is 2.75. The first-order valence-electron chi connectivity index (χ1n) is 11.5. The van der Waals surface area contributed by atoms with E-state index in [-0.39, 0.29) is 0 Å². The van der Waals surface area contributed by atoms with Crippen molar-refractivity contribution in [2.24, 2.45) is 22.7 Å². The fraction of sp³-hybridized carbons (Fsp3) is 0.720. The van der Waals surface area contributed by atoms with Crippen LogP contribution in [0.4, 0.5) is 5.69 Å². The summed E-state index contributed by atoms with van der Waals surface area (Å²) in [6.07, 6.45) is 17.1. The minimum Gasteiger partial charge on any atom is -0.494 e. The van der Waals surface area contributed by atoms with E-state index in [1.807, 2.05) is 6.07 Å². The molecule has 1 aromatic rings. The fourth-order valence-corrected chi connectivity index (χ4v) is 5.74. The molecule has 0 atom stereocenters. The summed E-state index contributed by atoms with van der Waals surface area (Å²) in [4.78, 5) is 4.11. The maximum atomic E-state index is 5.51. The van der Waals surface area contributed by atoms with E-state index in [0.717, 1.165) is 29.2 Å². The largest absolute Gasteiger partial charge is 0.494 e. The Labute approximate surface area is 177 Å². The summed E-state index contributed by atoms with van der Waals surface area (Å²) in [5, 5.41) is 2.45. The molecule has 0 heterocycles. The lowest BCUT2D eigenvalue weighted by atomic mass is 9.68. The van der Waals surface area contributed by atoms with Crippen LogP contribution >= 0.6 is 12.2 Å². The number of aliphatic imine (C=N–C) groups is 1. The average molecular weight is 400 g/mol. The number of hydrogen-bond acceptors (Lipinski definition) is 3. The third-order valence-electron chi connectivity index (χ3n) is 7.39. The van der Waals surface area contributed by atoms with E-state index >= 15 is 0 Å². The summed E-state index contributed by atoms with van der Waals surface area (Å²) in [7, 11) is 1.71. The van der Waals surface area contributed by atoms with E-state index in [4.69, 9.17) is 17.0 Å². The molecule has 154 valence electrons. The standard InChI is InChI=1S/C25H37NOS/c1-3-4-5-6-19-7-9-20(10-8-19)21-11-13-22(14-12-21)23-15-16-24(26-18-28)25(17-23)27-2/h15-17,19-22H,3-14H2,1-2H3/t19?,20?,21-,22-. The molecule has 2 fully saturated rings. The lowest BCUT2D eigenvalue weighted by Crippen LogP contribution is -2.25. The van der Waals surface area contributed by atoms with Crippen LogP contribution in [0.1, 0.15) is 95.5 Å². The van der Waals surface area contributed by atoms with Gasteiger partial charge in [0.05, 0.1) is 12.3 Å². The van der Waals surface area contributed by atoms with Crippen molar-refractivity contribution in [3.05, 3.63) is 23.8 Å². The number of thiocarbonyl (C=S) groups is 1. The molecule has 2 saturated carbocycles. The number of methoxy groups -OCH3 is 1. The highest BCUT2D eigenvalue weighted by molar-refractivity contribution is 7.78. The second kappa shape index (κ2) is 11.1. The summed E-state index contributed by atoms with van der Waals surface area (Å²) < 4.78 is 5.51. The Morgan fingerprint density at radius 2 is 1.68 bits per heavy atom. The first-order valence-corrected chi connectivity index (χ1v) is 11.9. The molecule has 28 heavy (non-hydrogen) atoms. The summed E-state index contributed by atoms with van der Waals surface area (Å²) in [5.74, 6) is 4.48. The Morgan fingerprint density at radius 1 is 1.00 bits per heavy atom. The van der Waals surface area contributed by atoms with Gasteiger partial charge in [0.1, 0.15) is 11.4 Å². The van der Waals surface area contributed by atoms with Gasteiger partial charge >= 0.3 is 0 Å². The molecule has 2 aliphatic carbocycles. The Morgan fingerprint density at radius 3 is 2.29 bits per heavy atom. The number of unbranched alkanes of at least 4 members (excludes halogenated alkanes) is 2. The van der Waals surface area contributed by atoms with Crippen molar-refractivity contribution in [3.8, 4) is 5.75 Å². The lowest BCUT2D eigenvalue weighted by molar-refractivity contribution is 0.155. The van der Waals surface area contributed by atoms with Gasteiger partial charge in [0.2, 0.25) is 0 Å². The molecule has 0 saturated heterocycles. The van der Waals surface area contributed by atoms with Gasteiger partial charge in [0, 0.05) is 0 Å². The zero-order chi connectivity index (χ0) is 19.8. The van der Waals surface area contributed by atoms with Crippen LogP contribution in [0.15, 0.2) is 23.2 Å². The van der Waals surface area contributed by atoms with Gasteiger partial charge in [-0.1, -0.05) is 51.5 Å². The van der Waals surface area contributed by atoms with Crippen LogP contribution in [0, 0.1) is 17.8 Å². The molecule has 2 aliphatic rings. The third kappa shape index (κ3) is 5.67. The molecule has 0 spiro atoms. The molecule has 0 unspecified atom stereocenters. The second-order valence-corrected chi connectivity index (χ2v) is 9.21. The van der Waals surface area contributed by atoms with E-state index in [1.165, 1.54) is 82.6 Å². The summed E-state index contributed by atoms with van der Waals surface area (Å²) >= 11 is 4.74. The minimum absolute atomic E-state index is 0.668. The molecule has 0 aliphatic heterocycles. The van der Waals surface area contributed by atoms with Gasteiger partial charge < -0.3 is 4.74 Å². The molecule has 0 N–H and O–H groups in total. The van der Waals surface area contributed by atoms with Gasteiger partial charge in [-0.25, -0.2) is 0 Å². The predicted molar refractivity (Wildman–Crippen MR) is 122 cm³/mol. The molecule has 3 rings (SSSR count). The van der Waals surface area contributed by atoms with Crippen LogP contribution in [-0.4, -0.2) is 12.3 Å². The van der Waals surface area contributed by atoms with Crippen molar-refractivity contribution in [1.29, 1.82) is 0 Å². The number of benzene rings is 1. The van der Waals surface area contributed by atoms with Crippen LogP contribution < -0.4 is 4.74 Å². The zero-order valence-electron chi connectivity index (χ0n) is 17.8. The highest BCUT2D eigenvalue weighted by Gasteiger charge is 2.31. The number of isothiocyanates is 1. The molecule has 0 bridgehead atoms. The van der Waals surface area contributed by atoms with Crippen molar-refractivity contribution in [3.63, 3.8) is 0 Å². The first kappa shape index (κ1) is 21.5. The number of nitrogens with zero attached hydrogens (tertiary/aromatic N) is 1. The van der Waals surface area contributed by atoms with Crippen molar-refractivity contribution in [2.45, 2.75) is 89.9 Å². The highest BCUT2D eigenvalue weighted by atomic mass is 32.1. The van der Waals surface area contributed by atoms with Gasteiger partial charge in [-0.05, 0) is 92.1 Å². The van der Waals surface area contributed by atoms with E-state index in [9.17, 15) is 0 Å². The quantitative estimate of drug-likeness (QED) is 0.250. The van der Waals surface area contributed by atoms with Gasteiger partial charge in [0.15, 0.2) is 0 Å². The maximum absolute atomic E-state index is 5.51. The van der Waals surface area contributed by atoms with Crippen molar-refractivity contribution >= 4 is 23.1 Å². The Kier molecular flexibility index (Phi) is 8.55. The lowest BCUT2D eigenvalue weighted by Gasteiger charge is -2.38. The summed E-state index contributed by atoms with van der Waals surface area (Å²) in [5.41, 5.74) is 2.18. The molecule has 0 radical (unpaired) electrons. The van der Waals surface area contributed by atoms with E-state index in [1.54, 1.807) is 7.11 Å². The predicted octanol–water partition coefficient (Wildman–Crippen LogP) is 8.09. The minimum atomic E-state index is 0.668. The van der Waals surface area contributed by atoms with Crippen molar-refractivity contribution in [1.82, 2.24) is 0 Å². The molecular weight excluding hydrogens is 362 g/mol. The van der Waals surface area contributed by atoms with E-state index < -0.39 is 0 Å². The summed E-state index contributed by atoms with van der Waals surface area (Å²) in [6, 6.07) is 6.40. The highest BCUT2D eigenvalue weighted by Crippen LogP contribution is 2.45. The second-order valence-electron chi connectivity index (χ2n) is 9.02. The number of rotatable bonds is 8. The van der Waals surface area contributed by atoms with Crippen LogP contribution in [0.3, 0.4) is 0 Å². The van der Waals surface area contributed by atoms with Gasteiger partial charge in [-0.2, -0.15) is 4.99 Å². The van der Waals surface area contributed by atoms with Crippen LogP contribution in [0.25, 0.3) is 0 Å². The normalized spacial score (nSPS) is 27.8. The van der Waals surface area contributed by atoms with Gasteiger partial charge in [0.25, 0.3) is 0 Å². The fourth-order valence-electron chi connectivity index (χ4n) is 5.64. The molecule has 0 aromatic heterocycles. The molecule has 1 aromatic carbocycles. The Hall–Kier alpha value is -1.18. The van der Waals surface area contributed by atoms with Gasteiger partial charge in [-0.15, -0.1) is 0 Å². The first-order chi connectivity index (χ1) is 13.7. The van der Waals surface area contributed by atoms with E-state index in [2.05, 4.69) is 29.2 Å². The van der Waals surface area contributed by atoms with Crippen LogP contribution in [0.5, 0.6) is 5.75 Å². The van der Waals surface area contributed by atoms with Crippen molar-refractivity contribution < 1.29 is 4.74 Å². The molecule has 2 nitrogen and oxygen atoms in total. The smallest absolute Gasteiger partial charge is 0.145 e. The molecular formula is C25H37NOS. The molecule has 0 amide bonds. The topological polar surface area (TPSA) is 21.6 Å². The monoisotopic (exact) mass is 399 g/mol. The van der Waals surface area contributed by atoms with Crippen LogP contribution in [-0.2, 0) is 0 Å². The number of hydrogen-bond donors (Lipinski definition) is 0. The molecule has 3 heteroatoms. The summed E-state index contributed by atoms with van der Waals surface area (Å²) in [6.45, 7) is 2.31. The van der Waals surface area contributed by atoms with Crippen LogP contribution in [0.2, 0.25) is 0 Å². The van der Waals surface area contributed by atoms with E-state index in [0.29, 0.717) is 5.92 Å². The van der Waals surface area contributed by atoms with Crippen molar-refractivity contribution in [2.75, 3.05) is 7.11 Å². The third-order valence-corrected chi connectivity index (χ3v) is 7.48.